The predicted octanol–water partition coefficient (Wildman–Crippen LogP) is 4.29. The summed E-state index contributed by atoms with van der Waals surface area (Å²) in [6, 6.07) is 5.13. The molecule has 0 aliphatic rings. The number of rotatable bonds is 5. The molecule has 0 aliphatic carbocycles. The first-order chi connectivity index (χ1) is 8.91. The SMILES string of the molecule is CC.CC(=O)C(CNC(C)C)c1ccc(Br)c(F)c1. The summed E-state index contributed by atoms with van der Waals surface area (Å²) in [5.41, 5.74) is 0.714. The molecule has 1 unspecified atom stereocenters. The zero-order chi connectivity index (χ0) is 15.0. The zero-order valence-electron chi connectivity index (χ0n) is 12.3. The molecule has 4 heteroatoms. The van der Waals surface area contributed by atoms with Crippen LogP contribution in [0.5, 0.6) is 0 Å². The van der Waals surface area contributed by atoms with Gasteiger partial charge >= 0.3 is 0 Å². The van der Waals surface area contributed by atoms with Crippen molar-refractivity contribution in [1.29, 1.82) is 0 Å². The zero-order valence-corrected chi connectivity index (χ0v) is 13.8. The fourth-order valence-electron chi connectivity index (χ4n) is 1.58. The molecule has 1 N–H and O–H groups in total. The van der Waals surface area contributed by atoms with Crippen LogP contribution in [-0.2, 0) is 4.79 Å². The molecule has 0 saturated carbocycles. The largest absolute Gasteiger partial charge is 0.313 e. The highest BCUT2D eigenvalue weighted by Gasteiger charge is 2.18. The Morgan fingerprint density at radius 1 is 1.37 bits per heavy atom. The average molecular weight is 332 g/mol. The second kappa shape index (κ2) is 9.21. The van der Waals surface area contributed by atoms with Gasteiger partial charge in [0.2, 0.25) is 0 Å². The fourth-order valence-corrected chi connectivity index (χ4v) is 1.83. The van der Waals surface area contributed by atoms with Crippen LogP contribution in [0.4, 0.5) is 4.39 Å². The van der Waals surface area contributed by atoms with Crippen LogP contribution in [0.3, 0.4) is 0 Å². The Morgan fingerprint density at radius 3 is 2.37 bits per heavy atom. The minimum Gasteiger partial charge on any atom is -0.313 e. The fraction of sp³-hybridized carbons (Fsp3) is 0.533. The van der Waals surface area contributed by atoms with E-state index in [1.165, 1.54) is 13.0 Å². The van der Waals surface area contributed by atoms with Crippen LogP contribution in [0.2, 0.25) is 0 Å². The van der Waals surface area contributed by atoms with Crippen molar-refractivity contribution in [1.82, 2.24) is 5.32 Å². The number of carbonyl (C=O) groups is 1. The van der Waals surface area contributed by atoms with Crippen LogP contribution in [0.15, 0.2) is 22.7 Å². The minimum absolute atomic E-state index is 0.0415. The van der Waals surface area contributed by atoms with Crippen molar-refractivity contribution in [3.8, 4) is 0 Å². The van der Waals surface area contributed by atoms with Crippen LogP contribution in [0, 0.1) is 5.82 Å². The number of halogens is 2. The lowest BCUT2D eigenvalue weighted by atomic mass is 9.95. The number of carbonyl (C=O) groups excluding carboxylic acids is 1. The van der Waals surface area contributed by atoms with Gasteiger partial charge in [0.15, 0.2) is 0 Å². The van der Waals surface area contributed by atoms with Crippen molar-refractivity contribution in [2.24, 2.45) is 0 Å². The third kappa shape index (κ3) is 6.30. The number of nitrogens with one attached hydrogen (secondary N) is 1. The molecule has 2 nitrogen and oxygen atoms in total. The van der Waals surface area contributed by atoms with E-state index in [2.05, 4.69) is 21.2 Å². The number of benzene rings is 1. The van der Waals surface area contributed by atoms with E-state index in [9.17, 15) is 9.18 Å². The highest BCUT2D eigenvalue weighted by Crippen LogP contribution is 2.22. The molecule has 0 bridgehead atoms. The molecule has 0 heterocycles. The molecule has 0 fully saturated rings. The van der Waals surface area contributed by atoms with Gasteiger partial charge in [-0.2, -0.15) is 0 Å². The van der Waals surface area contributed by atoms with Crippen molar-refractivity contribution >= 4 is 21.7 Å². The summed E-state index contributed by atoms with van der Waals surface area (Å²) in [4.78, 5) is 11.6. The maximum Gasteiger partial charge on any atom is 0.138 e. The Labute approximate surface area is 123 Å². The third-order valence-corrected chi connectivity index (χ3v) is 3.21. The lowest BCUT2D eigenvalue weighted by Crippen LogP contribution is -2.30. The summed E-state index contributed by atoms with van der Waals surface area (Å²) in [5, 5.41) is 3.20. The molecular weight excluding hydrogens is 309 g/mol. The summed E-state index contributed by atoms with van der Waals surface area (Å²) >= 11 is 3.10. The Hall–Kier alpha value is -0.740. The Bertz CT molecular complexity index is 407. The van der Waals surface area contributed by atoms with E-state index in [1.807, 2.05) is 27.7 Å². The van der Waals surface area contributed by atoms with Gasteiger partial charge in [-0.1, -0.05) is 33.8 Å². The third-order valence-electron chi connectivity index (χ3n) is 2.57. The van der Waals surface area contributed by atoms with E-state index in [-0.39, 0.29) is 17.5 Å². The molecule has 0 radical (unpaired) electrons. The topological polar surface area (TPSA) is 29.1 Å². The number of hydrogen-bond donors (Lipinski definition) is 1. The Morgan fingerprint density at radius 2 is 1.95 bits per heavy atom. The van der Waals surface area contributed by atoms with E-state index in [0.717, 1.165) is 0 Å². The number of hydrogen-bond acceptors (Lipinski definition) is 2. The van der Waals surface area contributed by atoms with Gasteiger partial charge in [0, 0.05) is 12.6 Å². The van der Waals surface area contributed by atoms with Crippen molar-refractivity contribution in [3.05, 3.63) is 34.1 Å². The van der Waals surface area contributed by atoms with Gasteiger partial charge in [-0.3, -0.25) is 4.79 Å². The van der Waals surface area contributed by atoms with Crippen LogP contribution in [0.25, 0.3) is 0 Å². The molecule has 1 rings (SSSR count). The molecule has 0 aromatic heterocycles. The summed E-state index contributed by atoms with van der Waals surface area (Å²) in [6.45, 7) is 10.1. The first kappa shape index (κ1) is 18.3. The van der Waals surface area contributed by atoms with Gasteiger partial charge in [0.25, 0.3) is 0 Å². The lowest BCUT2D eigenvalue weighted by Gasteiger charge is -2.17. The summed E-state index contributed by atoms with van der Waals surface area (Å²) in [5.74, 6) is -0.585. The van der Waals surface area contributed by atoms with Crippen LogP contribution in [-0.4, -0.2) is 18.4 Å². The second-order valence-electron chi connectivity index (χ2n) is 4.40. The number of ketones is 1. The van der Waals surface area contributed by atoms with Crippen LogP contribution >= 0.6 is 15.9 Å². The minimum atomic E-state index is -0.335. The monoisotopic (exact) mass is 331 g/mol. The van der Waals surface area contributed by atoms with Gasteiger partial charge < -0.3 is 5.32 Å². The lowest BCUT2D eigenvalue weighted by molar-refractivity contribution is -0.118. The summed E-state index contributed by atoms with van der Waals surface area (Å²) in [6.07, 6.45) is 0. The van der Waals surface area contributed by atoms with Gasteiger partial charge in [-0.15, -0.1) is 0 Å². The molecule has 108 valence electrons. The Kier molecular flexibility index (Phi) is 8.85. The van der Waals surface area contributed by atoms with Crippen molar-refractivity contribution < 1.29 is 9.18 Å². The first-order valence-corrected chi connectivity index (χ1v) is 7.40. The van der Waals surface area contributed by atoms with Crippen molar-refractivity contribution in [2.75, 3.05) is 6.54 Å². The van der Waals surface area contributed by atoms with E-state index in [0.29, 0.717) is 22.6 Å². The van der Waals surface area contributed by atoms with Gasteiger partial charge in [0.1, 0.15) is 11.6 Å². The van der Waals surface area contributed by atoms with Crippen molar-refractivity contribution in [3.63, 3.8) is 0 Å². The highest BCUT2D eigenvalue weighted by molar-refractivity contribution is 9.10. The average Bonchev–Trinajstić information content (AvgIpc) is 2.35. The van der Waals surface area contributed by atoms with E-state index >= 15 is 0 Å². The van der Waals surface area contributed by atoms with Crippen LogP contribution in [0.1, 0.15) is 46.1 Å². The van der Waals surface area contributed by atoms with E-state index < -0.39 is 0 Å². The molecule has 1 aromatic rings. The van der Waals surface area contributed by atoms with Crippen LogP contribution < -0.4 is 5.32 Å². The molecule has 0 saturated heterocycles. The van der Waals surface area contributed by atoms with E-state index in [1.54, 1.807) is 12.1 Å². The standard InChI is InChI=1S/C13H17BrFNO.C2H6/c1-8(2)16-7-11(9(3)17)10-4-5-12(14)13(15)6-10;1-2/h4-6,8,11,16H,7H2,1-3H3;1-2H3. The first-order valence-electron chi connectivity index (χ1n) is 6.60. The molecule has 0 spiro atoms. The predicted molar refractivity (Wildman–Crippen MR) is 82.0 cm³/mol. The Balaban J connectivity index is 0.00000154. The maximum atomic E-state index is 13.4. The van der Waals surface area contributed by atoms with Gasteiger partial charge in [0.05, 0.1) is 10.4 Å². The second-order valence-corrected chi connectivity index (χ2v) is 5.25. The van der Waals surface area contributed by atoms with Gasteiger partial charge in [-0.25, -0.2) is 4.39 Å². The normalized spacial score (nSPS) is 11.8. The smallest absolute Gasteiger partial charge is 0.138 e. The molecule has 1 aromatic carbocycles. The molecule has 1 atom stereocenters. The summed E-state index contributed by atoms with van der Waals surface area (Å²) < 4.78 is 13.8. The maximum absolute atomic E-state index is 13.4. The highest BCUT2D eigenvalue weighted by atomic mass is 79.9. The van der Waals surface area contributed by atoms with Gasteiger partial charge in [-0.05, 0) is 40.5 Å². The molecule has 0 amide bonds. The molecule has 0 aliphatic heterocycles. The number of Topliss-reactive ketones (excluding diaryl/α,β-unsaturated/α-hetero) is 1. The molecule has 19 heavy (non-hydrogen) atoms. The van der Waals surface area contributed by atoms with E-state index in [4.69, 9.17) is 0 Å². The summed E-state index contributed by atoms with van der Waals surface area (Å²) in [7, 11) is 0. The quantitative estimate of drug-likeness (QED) is 0.872. The molecular formula is C15H23BrFNO. The van der Waals surface area contributed by atoms with Crippen molar-refractivity contribution in [2.45, 2.75) is 46.6 Å².